The van der Waals surface area contributed by atoms with Gasteiger partial charge in [0, 0.05) is 13.0 Å². The molecule has 6 atom stereocenters. The second kappa shape index (κ2) is 19.4. The highest BCUT2D eigenvalue weighted by Crippen LogP contribution is 2.22. The lowest BCUT2D eigenvalue weighted by molar-refractivity contribution is -0.305. The van der Waals surface area contributed by atoms with Crippen LogP contribution in [0.2, 0.25) is 0 Å². The Morgan fingerprint density at radius 1 is 0.735 bits per heavy atom. The molecule has 6 unspecified atom stereocenters. The van der Waals surface area contributed by atoms with Crippen molar-refractivity contribution in [1.82, 2.24) is 0 Å². The van der Waals surface area contributed by atoms with Crippen LogP contribution >= 0.6 is 0 Å². The van der Waals surface area contributed by atoms with E-state index in [1.54, 1.807) is 0 Å². The molecular formula is C24H46O10. The molecule has 202 valence electrons. The zero-order valence-corrected chi connectivity index (χ0v) is 20.3. The predicted molar refractivity (Wildman–Crippen MR) is 124 cm³/mol. The molecule has 0 radical (unpaired) electrons. The average Bonchev–Trinajstić information content (AvgIpc) is 2.83. The molecule has 0 saturated carbocycles. The van der Waals surface area contributed by atoms with Gasteiger partial charge in [-0.3, -0.25) is 4.79 Å². The number of hydrogen-bond acceptors (Lipinski definition) is 10. The number of aliphatic hydroxyl groups excluding tert-OH is 6. The Morgan fingerprint density at radius 3 is 1.79 bits per heavy atom. The Bertz CT molecular complexity index is 504. The molecule has 10 heteroatoms. The monoisotopic (exact) mass is 494 g/mol. The van der Waals surface area contributed by atoms with E-state index in [1.807, 2.05) is 0 Å². The third-order valence-electron chi connectivity index (χ3n) is 6.03. The van der Waals surface area contributed by atoms with Crippen molar-refractivity contribution in [3.05, 3.63) is 0 Å². The Hall–Kier alpha value is -0.850. The van der Waals surface area contributed by atoms with Gasteiger partial charge in [0.15, 0.2) is 6.29 Å². The van der Waals surface area contributed by atoms with Crippen molar-refractivity contribution < 1.29 is 49.6 Å². The fourth-order valence-electron chi connectivity index (χ4n) is 3.87. The molecule has 0 aromatic rings. The van der Waals surface area contributed by atoms with E-state index in [2.05, 4.69) is 0 Å². The van der Waals surface area contributed by atoms with E-state index in [-0.39, 0.29) is 19.6 Å². The number of carbonyl (C=O) groups excluding carboxylic acids is 1. The normalized spacial score (nSPS) is 25.9. The zero-order valence-electron chi connectivity index (χ0n) is 20.3. The molecule has 0 bridgehead atoms. The SMILES string of the molecule is O=C(CCCCCCCCCCCCCCO)OCC(O)COC1OC(CO)C(O)C(O)C1O. The third-order valence-corrected chi connectivity index (χ3v) is 6.03. The Balaban J connectivity index is 1.99. The maximum absolute atomic E-state index is 11.8. The first kappa shape index (κ1) is 31.2. The van der Waals surface area contributed by atoms with Crippen molar-refractivity contribution in [1.29, 1.82) is 0 Å². The Morgan fingerprint density at radius 2 is 1.26 bits per heavy atom. The minimum atomic E-state index is -1.56. The van der Waals surface area contributed by atoms with Crippen LogP contribution in [0, 0.1) is 0 Å². The molecule has 1 heterocycles. The van der Waals surface area contributed by atoms with Crippen LogP contribution < -0.4 is 0 Å². The van der Waals surface area contributed by atoms with Crippen LogP contribution in [0.15, 0.2) is 0 Å². The second-order valence-corrected chi connectivity index (χ2v) is 9.08. The summed E-state index contributed by atoms with van der Waals surface area (Å²) >= 11 is 0. The molecule has 34 heavy (non-hydrogen) atoms. The highest BCUT2D eigenvalue weighted by atomic mass is 16.7. The van der Waals surface area contributed by atoms with Crippen molar-refractivity contribution in [3.8, 4) is 0 Å². The lowest BCUT2D eigenvalue weighted by atomic mass is 9.99. The van der Waals surface area contributed by atoms with E-state index in [9.17, 15) is 25.2 Å². The van der Waals surface area contributed by atoms with Crippen LogP contribution in [0.5, 0.6) is 0 Å². The Kier molecular flexibility index (Phi) is 17.7. The minimum Gasteiger partial charge on any atom is -0.463 e. The van der Waals surface area contributed by atoms with Crippen LogP contribution in [-0.4, -0.2) is 99.8 Å². The van der Waals surface area contributed by atoms with Gasteiger partial charge < -0.3 is 44.8 Å². The van der Waals surface area contributed by atoms with Gasteiger partial charge in [-0.25, -0.2) is 0 Å². The predicted octanol–water partition coefficient (Wildman–Crippen LogP) is 0.771. The first-order valence-electron chi connectivity index (χ1n) is 12.8. The van der Waals surface area contributed by atoms with Crippen molar-refractivity contribution in [2.45, 2.75) is 120 Å². The van der Waals surface area contributed by atoms with Crippen LogP contribution in [0.4, 0.5) is 0 Å². The van der Waals surface area contributed by atoms with Gasteiger partial charge in [-0.1, -0.05) is 64.2 Å². The first-order valence-corrected chi connectivity index (χ1v) is 12.8. The van der Waals surface area contributed by atoms with Gasteiger partial charge >= 0.3 is 5.97 Å². The van der Waals surface area contributed by atoms with Gasteiger partial charge in [-0.2, -0.15) is 0 Å². The number of hydrogen-bond donors (Lipinski definition) is 6. The van der Waals surface area contributed by atoms with E-state index in [0.717, 1.165) is 38.5 Å². The summed E-state index contributed by atoms with van der Waals surface area (Å²) in [5.74, 6) is -0.395. The summed E-state index contributed by atoms with van der Waals surface area (Å²) in [4.78, 5) is 11.8. The molecule has 1 rings (SSSR count). The lowest BCUT2D eigenvalue weighted by Crippen LogP contribution is -2.59. The molecule has 0 aliphatic carbocycles. The van der Waals surface area contributed by atoms with Crippen LogP contribution in [0.25, 0.3) is 0 Å². The average molecular weight is 495 g/mol. The molecule has 0 spiro atoms. The van der Waals surface area contributed by atoms with E-state index in [4.69, 9.17) is 24.4 Å². The number of carbonyl (C=O) groups is 1. The lowest BCUT2D eigenvalue weighted by Gasteiger charge is -2.39. The molecule has 1 saturated heterocycles. The quantitative estimate of drug-likeness (QED) is 0.105. The first-order chi connectivity index (χ1) is 16.4. The van der Waals surface area contributed by atoms with Crippen molar-refractivity contribution in [3.63, 3.8) is 0 Å². The van der Waals surface area contributed by atoms with Gasteiger partial charge in [0.2, 0.25) is 0 Å². The largest absolute Gasteiger partial charge is 0.463 e. The van der Waals surface area contributed by atoms with Gasteiger partial charge in [0.1, 0.15) is 37.1 Å². The number of aliphatic hydroxyl groups is 6. The summed E-state index contributed by atoms with van der Waals surface area (Å²) < 4.78 is 15.4. The summed E-state index contributed by atoms with van der Waals surface area (Å²) in [6.07, 6.45) is 5.52. The van der Waals surface area contributed by atoms with E-state index in [0.29, 0.717) is 6.61 Å². The summed E-state index contributed by atoms with van der Waals surface area (Å²) in [5.41, 5.74) is 0. The molecule has 10 nitrogen and oxygen atoms in total. The fraction of sp³-hybridized carbons (Fsp3) is 0.958. The second-order valence-electron chi connectivity index (χ2n) is 9.08. The summed E-state index contributed by atoms with van der Waals surface area (Å²) in [7, 11) is 0. The molecule has 1 aliphatic heterocycles. The number of esters is 1. The smallest absolute Gasteiger partial charge is 0.305 e. The highest BCUT2D eigenvalue weighted by molar-refractivity contribution is 5.69. The third kappa shape index (κ3) is 13.3. The van der Waals surface area contributed by atoms with Gasteiger partial charge in [-0.05, 0) is 12.8 Å². The zero-order chi connectivity index (χ0) is 25.2. The molecule has 1 fully saturated rings. The van der Waals surface area contributed by atoms with E-state index in [1.165, 1.54) is 38.5 Å². The van der Waals surface area contributed by atoms with Crippen LogP contribution in [0.3, 0.4) is 0 Å². The number of ether oxygens (including phenoxy) is 3. The standard InChI is InChI=1S/C24H46O10/c25-14-12-10-8-6-4-2-1-3-5-7-9-11-13-20(28)32-16-18(27)17-33-24-23(31)22(30)21(29)19(15-26)34-24/h18-19,21-27,29-31H,1-17H2. The van der Waals surface area contributed by atoms with E-state index < -0.39 is 49.4 Å². The van der Waals surface area contributed by atoms with E-state index >= 15 is 0 Å². The molecular weight excluding hydrogens is 448 g/mol. The van der Waals surface area contributed by atoms with Crippen LogP contribution in [0.1, 0.15) is 83.5 Å². The number of rotatable bonds is 20. The fourth-order valence-corrected chi connectivity index (χ4v) is 3.87. The summed E-state index contributed by atoms with van der Waals surface area (Å²) in [6.45, 7) is -0.865. The highest BCUT2D eigenvalue weighted by Gasteiger charge is 2.44. The Labute approximate surface area is 202 Å². The van der Waals surface area contributed by atoms with Crippen molar-refractivity contribution in [2.75, 3.05) is 26.4 Å². The van der Waals surface area contributed by atoms with Gasteiger partial charge in [0.25, 0.3) is 0 Å². The van der Waals surface area contributed by atoms with Gasteiger partial charge in [-0.15, -0.1) is 0 Å². The van der Waals surface area contributed by atoms with Crippen molar-refractivity contribution in [2.24, 2.45) is 0 Å². The molecule has 1 aliphatic rings. The van der Waals surface area contributed by atoms with Crippen molar-refractivity contribution >= 4 is 5.97 Å². The molecule has 6 N–H and O–H groups in total. The number of unbranched alkanes of at least 4 members (excludes halogenated alkanes) is 11. The minimum absolute atomic E-state index is 0.268. The molecule has 0 aromatic carbocycles. The maximum Gasteiger partial charge on any atom is 0.305 e. The molecule has 0 aromatic heterocycles. The summed E-state index contributed by atoms with van der Waals surface area (Å²) in [6, 6.07) is 0. The topological polar surface area (TPSA) is 166 Å². The van der Waals surface area contributed by atoms with Gasteiger partial charge in [0.05, 0.1) is 13.2 Å². The maximum atomic E-state index is 11.8. The summed E-state index contributed by atoms with van der Waals surface area (Å²) in [5, 5.41) is 57.1. The van der Waals surface area contributed by atoms with Crippen LogP contribution in [-0.2, 0) is 19.0 Å². The molecule has 0 amide bonds.